The highest BCUT2D eigenvalue weighted by molar-refractivity contribution is 5.76. The first kappa shape index (κ1) is 25.5. The summed E-state index contributed by atoms with van der Waals surface area (Å²) in [5, 5.41) is 3.05. The van der Waals surface area contributed by atoms with Crippen molar-refractivity contribution in [2.75, 3.05) is 0 Å². The first-order chi connectivity index (χ1) is 17.6. The third-order valence-electron chi connectivity index (χ3n) is 8.35. The quantitative estimate of drug-likeness (QED) is 0.518. The Morgan fingerprint density at radius 3 is 2.65 bits per heavy atom. The largest absolute Gasteiger partial charge is 0.462 e. The number of nitrogens with zero attached hydrogens (tertiary/aromatic N) is 1. The molecule has 1 aromatic carbocycles. The van der Waals surface area contributed by atoms with Gasteiger partial charge >= 0.3 is 12.1 Å². The first-order valence-corrected chi connectivity index (χ1v) is 12.9. The molecule has 0 bridgehead atoms. The van der Waals surface area contributed by atoms with Gasteiger partial charge in [-0.25, -0.2) is 0 Å². The van der Waals surface area contributed by atoms with E-state index >= 15 is 0 Å². The second kappa shape index (κ2) is 9.95. The van der Waals surface area contributed by atoms with Crippen LogP contribution in [0.25, 0.3) is 17.2 Å². The molecule has 2 aromatic rings. The highest BCUT2D eigenvalue weighted by atomic mass is 19.4. The molecule has 196 valence electrons. The number of halogens is 3. The highest BCUT2D eigenvalue weighted by Crippen LogP contribution is 2.53. The number of fused-ring (bicyclic) bond motifs is 2. The lowest BCUT2D eigenvalue weighted by molar-refractivity contribution is -0.144. The number of hydrogen-bond acceptors (Lipinski definition) is 4. The van der Waals surface area contributed by atoms with Crippen LogP contribution >= 0.6 is 0 Å². The molecule has 1 N–H and O–H groups in total. The van der Waals surface area contributed by atoms with Crippen LogP contribution in [0.5, 0.6) is 0 Å². The molecule has 2 heterocycles. The van der Waals surface area contributed by atoms with E-state index in [9.17, 15) is 22.8 Å². The summed E-state index contributed by atoms with van der Waals surface area (Å²) in [6.07, 6.45) is 4.68. The maximum Gasteiger partial charge on any atom is 0.416 e. The lowest BCUT2D eigenvalue weighted by Crippen LogP contribution is -2.48. The minimum atomic E-state index is -4.40. The molecule has 1 aliphatic heterocycles. The van der Waals surface area contributed by atoms with Crippen molar-refractivity contribution in [2.24, 2.45) is 29.6 Å². The number of nitrogens with one attached hydrogen (secondary N) is 1. The van der Waals surface area contributed by atoms with Gasteiger partial charge in [-0.3, -0.25) is 14.6 Å². The standard InChI is InChI=1S/C29H31F3N2O3/c1-16-27-25(24-10-9-23(34-17(2)35)13-20(24)14-26(27)28(36)37-16)11-8-22-7-6-19(15-33-22)18-4-3-5-21(12-18)29(30,31)32/h3-8,11-12,15-16,20,23-27H,9-10,13-14H2,1-2H3,(H,34,35)/b11-8+/t16-,20+,23-,24-,25?,26-,27+/m1/s1. The Balaban J connectivity index is 1.36. The molecule has 1 saturated heterocycles. The molecular weight excluding hydrogens is 481 g/mol. The zero-order chi connectivity index (χ0) is 26.3. The molecule has 8 heteroatoms. The van der Waals surface area contributed by atoms with Crippen LogP contribution in [0.15, 0.2) is 48.7 Å². The molecule has 1 unspecified atom stereocenters. The number of amides is 1. The maximum atomic E-state index is 13.1. The molecule has 0 spiro atoms. The Hall–Kier alpha value is -3.16. The van der Waals surface area contributed by atoms with Crippen LogP contribution in [0.2, 0.25) is 0 Å². The van der Waals surface area contributed by atoms with Crippen molar-refractivity contribution in [2.45, 2.75) is 57.9 Å². The van der Waals surface area contributed by atoms with E-state index < -0.39 is 11.7 Å². The average molecular weight is 513 g/mol. The summed E-state index contributed by atoms with van der Waals surface area (Å²) in [4.78, 5) is 28.7. The van der Waals surface area contributed by atoms with Gasteiger partial charge in [-0.1, -0.05) is 24.3 Å². The van der Waals surface area contributed by atoms with Crippen molar-refractivity contribution in [1.29, 1.82) is 0 Å². The Kier molecular flexibility index (Phi) is 6.86. The van der Waals surface area contributed by atoms with Gasteiger partial charge in [0, 0.05) is 30.6 Å². The first-order valence-electron chi connectivity index (χ1n) is 12.9. The monoisotopic (exact) mass is 512 g/mol. The van der Waals surface area contributed by atoms with Crippen LogP contribution in [0.1, 0.15) is 50.8 Å². The Labute approximate surface area is 214 Å². The van der Waals surface area contributed by atoms with Gasteiger partial charge in [0.1, 0.15) is 6.10 Å². The summed E-state index contributed by atoms with van der Waals surface area (Å²) in [6, 6.07) is 8.94. The van der Waals surface area contributed by atoms with E-state index in [1.165, 1.54) is 13.0 Å². The highest BCUT2D eigenvalue weighted by Gasteiger charge is 2.54. The molecule has 5 nitrogen and oxygen atoms in total. The van der Waals surface area contributed by atoms with Crippen molar-refractivity contribution >= 4 is 18.0 Å². The number of cyclic esters (lactones) is 1. The summed E-state index contributed by atoms with van der Waals surface area (Å²) < 4.78 is 44.9. The van der Waals surface area contributed by atoms with Crippen LogP contribution in [-0.2, 0) is 20.5 Å². The molecule has 3 fully saturated rings. The fraction of sp³-hybridized carbons (Fsp3) is 0.483. The predicted octanol–water partition coefficient (Wildman–Crippen LogP) is 5.90. The van der Waals surface area contributed by atoms with Crippen LogP contribution in [-0.4, -0.2) is 29.0 Å². The Morgan fingerprint density at radius 1 is 1.14 bits per heavy atom. The number of carbonyl (C=O) groups excluding carboxylic acids is 2. The van der Waals surface area contributed by atoms with E-state index in [1.807, 2.05) is 13.0 Å². The molecule has 1 aromatic heterocycles. The lowest BCUT2D eigenvalue weighted by atomic mass is 9.57. The van der Waals surface area contributed by atoms with Crippen LogP contribution < -0.4 is 5.32 Å². The zero-order valence-corrected chi connectivity index (χ0v) is 20.9. The predicted molar refractivity (Wildman–Crippen MR) is 133 cm³/mol. The molecule has 3 aliphatic rings. The van der Waals surface area contributed by atoms with Crippen molar-refractivity contribution in [3.63, 3.8) is 0 Å². The minimum absolute atomic E-state index is 0.0258. The molecule has 5 rings (SSSR count). The normalized spacial score (nSPS) is 31.5. The Morgan fingerprint density at radius 2 is 1.95 bits per heavy atom. The van der Waals surface area contributed by atoms with Gasteiger partial charge in [-0.2, -0.15) is 13.2 Å². The van der Waals surface area contributed by atoms with Gasteiger partial charge in [0.2, 0.25) is 5.91 Å². The maximum absolute atomic E-state index is 13.1. The van der Waals surface area contributed by atoms with Crippen molar-refractivity contribution in [3.8, 4) is 11.1 Å². The molecule has 1 amide bonds. The molecule has 2 aliphatic carbocycles. The fourth-order valence-corrected chi connectivity index (χ4v) is 6.79. The average Bonchev–Trinajstić information content (AvgIpc) is 3.14. The van der Waals surface area contributed by atoms with Gasteiger partial charge in [0.15, 0.2) is 0 Å². The Bertz CT molecular complexity index is 1190. The number of allylic oxidation sites excluding steroid dienone is 1. The van der Waals surface area contributed by atoms with Crippen LogP contribution in [0.3, 0.4) is 0 Å². The number of hydrogen-bond donors (Lipinski definition) is 1. The fourth-order valence-electron chi connectivity index (χ4n) is 6.79. The number of alkyl halides is 3. The minimum Gasteiger partial charge on any atom is -0.462 e. The van der Waals surface area contributed by atoms with Gasteiger partial charge < -0.3 is 10.1 Å². The summed E-state index contributed by atoms with van der Waals surface area (Å²) in [5.74, 6) is 0.680. The number of rotatable bonds is 4. The topological polar surface area (TPSA) is 68.3 Å². The van der Waals surface area contributed by atoms with E-state index in [-0.39, 0.29) is 41.8 Å². The molecular formula is C29H31F3N2O3. The van der Waals surface area contributed by atoms with E-state index in [0.29, 0.717) is 28.7 Å². The van der Waals surface area contributed by atoms with Crippen LogP contribution in [0.4, 0.5) is 13.2 Å². The van der Waals surface area contributed by atoms with Gasteiger partial charge in [0.05, 0.1) is 17.2 Å². The second-order valence-corrected chi connectivity index (χ2v) is 10.7. The van der Waals surface area contributed by atoms with Crippen molar-refractivity contribution in [1.82, 2.24) is 10.3 Å². The SMILES string of the molecule is CC(=O)N[C@@H]1CC[C@H]2C(/C=C/c3ccc(-c4cccc(C(F)(F)F)c4)cn3)[C@@H]3[C@@H](C)OC(=O)[C@@H]3C[C@@H]2C1. The number of ether oxygens (including phenoxy) is 1. The van der Waals surface area contributed by atoms with Gasteiger partial charge in [-0.15, -0.1) is 0 Å². The van der Waals surface area contributed by atoms with E-state index in [2.05, 4.69) is 16.4 Å². The summed E-state index contributed by atoms with van der Waals surface area (Å²) in [7, 11) is 0. The number of esters is 1. The molecule has 0 radical (unpaired) electrons. The molecule has 37 heavy (non-hydrogen) atoms. The smallest absolute Gasteiger partial charge is 0.416 e. The third kappa shape index (κ3) is 5.29. The van der Waals surface area contributed by atoms with Gasteiger partial charge in [-0.05, 0) is 80.2 Å². The summed E-state index contributed by atoms with van der Waals surface area (Å²) in [5.41, 5.74) is 1.09. The van der Waals surface area contributed by atoms with E-state index in [4.69, 9.17) is 4.74 Å². The van der Waals surface area contributed by atoms with Gasteiger partial charge in [0.25, 0.3) is 0 Å². The van der Waals surface area contributed by atoms with Crippen LogP contribution in [0, 0.1) is 29.6 Å². The molecule has 7 atom stereocenters. The summed E-state index contributed by atoms with van der Waals surface area (Å²) >= 11 is 0. The van der Waals surface area contributed by atoms with Crippen molar-refractivity contribution in [3.05, 3.63) is 59.9 Å². The number of benzene rings is 1. The number of carbonyl (C=O) groups is 2. The van der Waals surface area contributed by atoms with Crippen molar-refractivity contribution < 1.29 is 27.5 Å². The third-order valence-corrected chi connectivity index (χ3v) is 8.35. The van der Waals surface area contributed by atoms with E-state index in [1.54, 1.807) is 24.4 Å². The number of pyridine rings is 1. The number of aromatic nitrogens is 1. The molecule has 2 saturated carbocycles. The second-order valence-electron chi connectivity index (χ2n) is 10.7. The summed E-state index contributed by atoms with van der Waals surface area (Å²) in [6.45, 7) is 3.50. The zero-order valence-electron chi connectivity index (χ0n) is 20.9. The lowest BCUT2D eigenvalue weighted by Gasteiger charge is -2.47. The van der Waals surface area contributed by atoms with E-state index in [0.717, 1.165) is 37.8 Å².